The zero-order valence-electron chi connectivity index (χ0n) is 3.23. The summed E-state index contributed by atoms with van der Waals surface area (Å²) in [5.41, 5.74) is 2.68. The van der Waals surface area contributed by atoms with E-state index in [1.54, 1.807) is 0 Å². The molecule has 0 aliphatic carbocycles. The van der Waals surface area contributed by atoms with Crippen molar-refractivity contribution < 1.29 is 0 Å². The molecule has 3 heteroatoms. The molecule has 0 aromatic rings. The summed E-state index contributed by atoms with van der Waals surface area (Å²) in [6, 6.07) is 0. The fourth-order valence-corrected chi connectivity index (χ4v) is 0.260. The normalized spacial score (nSPS) is 18.7. The van der Waals surface area contributed by atoms with Gasteiger partial charge >= 0.3 is 0 Å². The fourth-order valence-electron chi connectivity index (χ4n) is 0.260. The van der Waals surface area contributed by atoms with Crippen molar-refractivity contribution in [2.75, 3.05) is 6.54 Å². The lowest BCUT2D eigenvalue weighted by molar-refractivity contribution is 0.739. The molecular formula is C3H5N3. The average molecular weight is 83.1 g/mol. The molecular weight excluding hydrogens is 78.1 g/mol. The highest BCUT2D eigenvalue weighted by Crippen LogP contribution is 1.68. The Morgan fingerprint density at radius 1 is 1.83 bits per heavy atom. The van der Waals surface area contributed by atoms with Crippen LogP contribution in [0.5, 0.6) is 0 Å². The Balaban J connectivity index is 2.26. The van der Waals surface area contributed by atoms with Crippen LogP contribution in [0.3, 0.4) is 0 Å². The molecule has 1 rings (SSSR count). The SMILES string of the molecule is [C]1=NNC[CH]N1. The van der Waals surface area contributed by atoms with E-state index in [2.05, 4.69) is 22.2 Å². The van der Waals surface area contributed by atoms with Crippen molar-refractivity contribution in [3.05, 3.63) is 6.54 Å². The Hall–Kier alpha value is -0.730. The van der Waals surface area contributed by atoms with E-state index < -0.39 is 0 Å². The molecule has 0 fully saturated rings. The maximum absolute atomic E-state index is 3.53. The minimum Gasteiger partial charge on any atom is -0.359 e. The predicted molar refractivity (Wildman–Crippen MR) is 22.9 cm³/mol. The van der Waals surface area contributed by atoms with Gasteiger partial charge in [-0.05, 0) is 0 Å². The van der Waals surface area contributed by atoms with Crippen molar-refractivity contribution in [1.29, 1.82) is 0 Å². The standard InChI is InChI=1S/C3H5N3/c1-2-5-6-3-4-1/h1,5H,2H2,(H,4,6). The molecule has 0 saturated heterocycles. The molecule has 0 amide bonds. The van der Waals surface area contributed by atoms with E-state index in [9.17, 15) is 0 Å². The summed E-state index contributed by atoms with van der Waals surface area (Å²) in [5, 5.41) is 6.22. The molecule has 1 heterocycles. The van der Waals surface area contributed by atoms with Crippen LogP contribution in [0.2, 0.25) is 0 Å². The monoisotopic (exact) mass is 83.0 g/mol. The zero-order chi connectivity index (χ0) is 4.24. The maximum atomic E-state index is 3.53. The fraction of sp³-hybridized carbons (Fsp3) is 0.333. The van der Waals surface area contributed by atoms with Crippen LogP contribution in [0, 0.1) is 6.54 Å². The highest BCUT2D eigenvalue weighted by Gasteiger charge is 1.85. The molecule has 1 aliphatic heterocycles. The van der Waals surface area contributed by atoms with E-state index in [1.807, 2.05) is 6.54 Å². The Morgan fingerprint density at radius 2 is 2.83 bits per heavy atom. The topological polar surface area (TPSA) is 36.4 Å². The number of nitrogens with one attached hydrogen (secondary N) is 2. The third kappa shape index (κ3) is 0.607. The first-order valence-corrected chi connectivity index (χ1v) is 1.75. The van der Waals surface area contributed by atoms with Gasteiger partial charge < -0.3 is 10.7 Å². The van der Waals surface area contributed by atoms with Gasteiger partial charge in [-0.2, -0.15) is 5.10 Å². The summed E-state index contributed by atoms with van der Waals surface area (Å²) in [7, 11) is 0. The average Bonchev–Trinajstić information content (AvgIpc) is 1.72. The number of nitrogens with zero attached hydrogens (tertiary/aromatic N) is 1. The molecule has 6 heavy (non-hydrogen) atoms. The molecule has 32 valence electrons. The molecule has 2 radical (unpaired) electrons. The molecule has 0 aromatic carbocycles. The van der Waals surface area contributed by atoms with Crippen molar-refractivity contribution in [3.8, 4) is 0 Å². The summed E-state index contributed by atoms with van der Waals surface area (Å²) in [4.78, 5) is 0. The smallest absolute Gasteiger partial charge is 0.190 e. The van der Waals surface area contributed by atoms with Gasteiger partial charge in [0.05, 0.1) is 13.1 Å². The third-order valence-electron chi connectivity index (χ3n) is 0.495. The van der Waals surface area contributed by atoms with Crippen LogP contribution < -0.4 is 10.7 Å². The van der Waals surface area contributed by atoms with Gasteiger partial charge in [-0.3, -0.25) is 0 Å². The van der Waals surface area contributed by atoms with Crippen molar-refractivity contribution in [2.24, 2.45) is 5.10 Å². The summed E-state index contributed by atoms with van der Waals surface area (Å²) in [6.07, 6.45) is 2.49. The van der Waals surface area contributed by atoms with Crippen molar-refractivity contribution in [1.82, 2.24) is 10.7 Å². The second-order valence-electron chi connectivity index (χ2n) is 0.934. The molecule has 2 N–H and O–H groups in total. The lowest BCUT2D eigenvalue weighted by atomic mass is 10.6. The Kier molecular flexibility index (Phi) is 0.948. The second kappa shape index (κ2) is 1.64. The van der Waals surface area contributed by atoms with Crippen LogP contribution in [0.15, 0.2) is 5.10 Å². The molecule has 0 unspecified atom stereocenters. The molecule has 0 spiro atoms. The van der Waals surface area contributed by atoms with Gasteiger partial charge in [-0.1, -0.05) is 0 Å². The van der Waals surface area contributed by atoms with Crippen LogP contribution in [0.1, 0.15) is 0 Å². The van der Waals surface area contributed by atoms with Crippen LogP contribution >= 0.6 is 0 Å². The lowest BCUT2D eigenvalue weighted by Gasteiger charge is -2.02. The second-order valence-corrected chi connectivity index (χ2v) is 0.934. The lowest BCUT2D eigenvalue weighted by Crippen LogP contribution is -2.24. The first-order valence-electron chi connectivity index (χ1n) is 1.75. The number of rotatable bonds is 0. The zero-order valence-corrected chi connectivity index (χ0v) is 3.23. The molecule has 0 bridgehead atoms. The minimum absolute atomic E-state index is 0.785. The van der Waals surface area contributed by atoms with Crippen LogP contribution in [-0.2, 0) is 0 Å². The Labute approximate surface area is 36.4 Å². The minimum atomic E-state index is 0.785. The molecule has 0 aromatic heterocycles. The van der Waals surface area contributed by atoms with Crippen LogP contribution in [-0.4, -0.2) is 12.9 Å². The molecule has 0 atom stereocenters. The van der Waals surface area contributed by atoms with Crippen molar-refractivity contribution >= 4 is 6.34 Å². The third-order valence-corrected chi connectivity index (χ3v) is 0.495. The summed E-state index contributed by atoms with van der Waals surface area (Å²) in [5.74, 6) is 0. The number of hydrogen-bond acceptors (Lipinski definition) is 3. The Bertz CT molecular complexity index is 51.1. The predicted octanol–water partition coefficient (Wildman–Crippen LogP) is -0.839. The molecule has 1 aliphatic rings. The van der Waals surface area contributed by atoms with Crippen molar-refractivity contribution in [2.45, 2.75) is 0 Å². The summed E-state index contributed by atoms with van der Waals surface area (Å²) in [6.45, 7) is 2.61. The summed E-state index contributed by atoms with van der Waals surface area (Å²) < 4.78 is 0. The van der Waals surface area contributed by atoms with E-state index in [0.717, 1.165) is 6.54 Å². The highest BCUT2D eigenvalue weighted by molar-refractivity contribution is 5.55. The van der Waals surface area contributed by atoms with Gasteiger partial charge in [0.25, 0.3) is 0 Å². The maximum Gasteiger partial charge on any atom is 0.190 e. The van der Waals surface area contributed by atoms with Gasteiger partial charge in [-0.25, -0.2) is 0 Å². The number of hydrazone groups is 1. The summed E-state index contributed by atoms with van der Waals surface area (Å²) >= 11 is 0. The van der Waals surface area contributed by atoms with Gasteiger partial charge in [0.1, 0.15) is 0 Å². The molecule has 0 saturated carbocycles. The highest BCUT2D eigenvalue weighted by atomic mass is 15.3. The number of hydrogen-bond donors (Lipinski definition) is 2. The first-order chi connectivity index (χ1) is 3.00. The molecule has 3 nitrogen and oxygen atoms in total. The van der Waals surface area contributed by atoms with E-state index in [-0.39, 0.29) is 0 Å². The quantitative estimate of drug-likeness (QED) is 0.400. The largest absolute Gasteiger partial charge is 0.359 e. The van der Waals surface area contributed by atoms with E-state index in [4.69, 9.17) is 0 Å². The van der Waals surface area contributed by atoms with E-state index in [1.165, 1.54) is 0 Å². The van der Waals surface area contributed by atoms with E-state index >= 15 is 0 Å². The van der Waals surface area contributed by atoms with Gasteiger partial charge in [0.15, 0.2) is 6.34 Å². The van der Waals surface area contributed by atoms with Crippen LogP contribution in [0.4, 0.5) is 0 Å². The van der Waals surface area contributed by atoms with Gasteiger partial charge in [0.2, 0.25) is 0 Å². The van der Waals surface area contributed by atoms with Crippen LogP contribution in [0.25, 0.3) is 0 Å². The van der Waals surface area contributed by atoms with Gasteiger partial charge in [0, 0.05) is 0 Å². The van der Waals surface area contributed by atoms with E-state index in [0.29, 0.717) is 0 Å². The van der Waals surface area contributed by atoms with Gasteiger partial charge in [-0.15, -0.1) is 0 Å². The van der Waals surface area contributed by atoms with Crippen molar-refractivity contribution in [3.63, 3.8) is 0 Å². The first kappa shape index (κ1) is 3.46. The Morgan fingerprint density at radius 3 is 3.00 bits per heavy atom.